The lowest BCUT2D eigenvalue weighted by Gasteiger charge is -2.26. The van der Waals surface area contributed by atoms with Crippen molar-refractivity contribution in [2.24, 2.45) is 0 Å². The van der Waals surface area contributed by atoms with Crippen LogP contribution in [0.2, 0.25) is 0 Å². The number of hydrogen-bond donors (Lipinski definition) is 1. The molecule has 1 aromatic heterocycles. The van der Waals surface area contributed by atoms with Gasteiger partial charge in [-0.1, -0.05) is 30.7 Å². The summed E-state index contributed by atoms with van der Waals surface area (Å²) in [7, 11) is -3.64. The summed E-state index contributed by atoms with van der Waals surface area (Å²) < 4.78 is 33.4. The number of piperidine rings is 1. The minimum absolute atomic E-state index is 0.127. The highest BCUT2D eigenvalue weighted by atomic mass is 32.2. The fourth-order valence-corrected chi connectivity index (χ4v) is 5.16. The van der Waals surface area contributed by atoms with Gasteiger partial charge in [0.25, 0.3) is 5.91 Å². The smallest absolute Gasteiger partial charge is 0.256 e. The normalized spacial score (nSPS) is 14.7. The third-order valence-corrected chi connectivity index (χ3v) is 7.28. The summed E-state index contributed by atoms with van der Waals surface area (Å²) in [5, 5.41) is 2.81. The van der Waals surface area contributed by atoms with Crippen molar-refractivity contribution in [3.05, 3.63) is 78.0 Å². The number of carbonyl (C=O) groups excluding carboxylic acids is 1. The SMILES string of the molecule is Cc1ccc(S(=O)(=O)N2CCCCC2)cc1C(=O)Nc1cccnc1Oc1ccccc1. The molecule has 3 aromatic rings. The van der Waals surface area contributed by atoms with Gasteiger partial charge in [-0.25, -0.2) is 13.4 Å². The standard InChI is InChI=1S/C24H25N3O4S/c1-18-12-13-20(32(29,30)27-15-6-3-7-16-27)17-21(18)23(28)26-22-11-8-14-25-24(22)31-19-9-4-2-5-10-19/h2,4-5,8-14,17H,3,6-7,15-16H2,1H3,(H,26,28). The Bertz CT molecular complexity index is 1210. The number of sulfonamides is 1. The lowest BCUT2D eigenvalue weighted by Crippen LogP contribution is -2.35. The van der Waals surface area contributed by atoms with Crippen molar-refractivity contribution < 1.29 is 17.9 Å². The van der Waals surface area contributed by atoms with Crippen LogP contribution in [0.5, 0.6) is 11.6 Å². The third kappa shape index (κ3) is 4.81. The molecule has 0 saturated carbocycles. The lowest BCUT2D eigenvalue weighted by molar-refractivity contribution is 0.102. The highest BCUT2D eigenvalue weighted by Crippen LogP contribution is 2.28. The number of ether oxygens (including phenoxy) is 1. The summed E-state index contributed by atoms with van der Waals surface area (Å²) in [4.78, 5) is 17.4. The van der Waals surface area contributed by atoms with E-state index in [-0.39, 0.29) is 16.3 Å². The molecule has 1 N–H and O–H groups in total. The summed E-state index contributed by atoms with van der Waals surface area (Å²) in [5.41, 5.74) is 1.36. The number of carbonyl (C=O) groups is 1. The van der Waals surface area contributed by atoms with Crippen molar-refractivity contribution >= 4 is 21.6 Å². The average Bonchev–Trinajstić information content (AvgIpc) is 2.81. The first-order chi connectivity index (χ1) is 15.4. The molecular formula is C24H25N3O4S. The number of benzene rings is 2. The number of nitrogens with zero attached hydrogens (tertiary/aromatic N) is 2. The molecule has 2 aromatic carbocycles. The van der Waals surface area contributed by atoms with Crippen molar-refractivity contribution in [3.8, 4) is 11.6 Å². The second-order valence-electron chi connectivity index (χ2n) is 7.67. The Morgan fingerprint density at radius 3 is 2.50 bits per heavy atom. The molecule has 8 heteroatoms. The van der Waals surface area contributed by atoms with Gasteiger partial charge >= 0.3 is 0 Å². The maximum atomic E-state index is 13.1. The number of pyridine rings is 1. The molecular weight excluding hydrogens is 426 g/mol. The maximum absolute atomic E-state index is 13.1. The number of aromatic nitrogens is 1. The largest absolute Gasteiger partial charge is 0.437 e. The van der Waals surface area contributed by atoms with Crippen LogP contribution in [-0.4, -0.2) is 36.7 Å². The molecule has 4 rings (SSSR count). The predicted molar refractivity (Wildman–Crippen MR) is 122 cm³/mol. The van der Waals surface area contributed by atoms with Crippen LogP contribution < -0.4 is 10.1 Å². The van der Waals surface area contributed by atoms with Gasteiger partial charge < -0.3 is 10.1 Å². The summed E-state index contributed by atoms with van der Waals surface area (Å²) in [6.45, 7) is 2.79. The number of amides is 1. The first-order valence-corrected chi connectivity index (χ1v) is 12.0. The van der Waals surface area contributed by atoms with Gasteiger partial charge in [0.1, 0.15) is 11.4 Å². The molecule has 1 saturated heterocycles. The van der Waals surface area contributed by atoms with Gasteiger partial charge in [0.15, 0.2) is 0 Å². The zero-order valence-electron chi connectivity index (χ0n) is 17.8. The lowest BCUT2D eigenvalue weighted by atomic mass is 10.1. The van der Waals surface area contributed by atoms with Gasteiger partial charge in [0.2, 0.25) is 15.9 Å². The Morgan fingerprint density at radius 2 is 1.75 bits per heavy atom. The Hall–Kier alpha value is -3.23. The number of nitrogens with one attached hydrogen (secondary N) is 1. The highest BCUT2D eigenvalue weighted by Gasteiger charge is 2.27. The molecule has 1 aliphatic heterocycles. The van der Waals surface area contributed by atoms with Crippen LogP contribution in [0.3, 0.4) is 0 Å². The number of aryl methyl sites for hydroxylation is 1. The molecule has 32 heavy (non-hydrogen) atoms. The van der Waals surface area contributed by atoms with E-state index in [1.807, 2.05) is 18.2 Å². The zero-order chi connectivity index (χ0) is 22.6. The monoisotopic (exact) mass is 451 g/mol. The highest BCUT2D eigenvalue weighted by molar-refractivity contribution is 7.89. The topological polar surface area (TPSA) is 88.6 Å². The second-order valence-corrected chi connectivity index (χ2v) is 9.60. The third-order valence-electron chi connectivity index (χ3n) is 5.38. The number of rotatable bonds is 6. The Morgan fingerprint density at radius 1 is 1.00 bits per heavy atom. The molecule has 1 amide bonds. The molecule has 1 fully saturated rings. The van der Waals surface area contributed by atoms with Gasteiger partial charge in [0, 0.05) is 24.8 Å². The number of hydrogen-bond acceptors (Lipinski definition) is 5. The molecule has 0 atom stereocenters. The van der Waals surface area contributed by atoms with E-state index in [1.54, 1.807) is 49.5 Å². The minimum atomic E-state index is -3.64. The van der Waals surface area contributed by atoms with Crippen molar-refractivity contribution in [3.63, 3.8) is 0 Å². The Kier molecular flexibility index (Phi) is 6.53. The fourth-order valence-electron chi connectivity index (χ4n) is 3.62. The van der Waals surface area contributed by atoms with Gasteiger partial charge in [-0.15, -0.1) is 0 Å². The molecule has 166 valence electrons. The Labute approximate surface area is 188 Å². The zero-order valence-corrected chi connectivity index (χ0v) is 18.6. The van der Waals surface area contributed by atoms with E-state index < -0.39 is 15.9 Å². The summed E-state index contributed by atoms with van der Waals surface area (Å²) in [5.74, 6) is 0.415. The Balaban J connectivity index is 1.59. The molecule has 2 heterocycles. The quantitative estimate of drug-likeness (QED) is 0.591. The van der Waals surface area contributed by atoms with E-state index in [2.05, 4.69) is 10.3 Å². The van der Waals surface area contributed by atoms with Crippen LogP contribution in [0.15, 0.2) is 71.8 Å². The molecule has 0 bridgehead atoms. The summed E-state index contributed by atoms with van der Waals surface area (Å²) in [6, 6.07) is 17.2. The van der Waals surface area contributed by atoms with Crippen molar-refractivity contribution in [1.29, 1.82) is 0 Å². The van der Waals surface area contributed by atoms with Crippen LogP contribution in [0, 0.1) is 6.92 Å². The van der Waals surface area contributed by atoms with Gasteiger partial charge in [-0.2, -0.15) is 4.31 Å². The van der Waals surface area contributed by atoms with E-state index in [4.69, 9.17) is 4.74 Å². The van der Waals surface area contributed by atoms with Crippen molar-refractivity contribution in [2.75, 3.05) is 18.4 Å². The summed E-state index contributed by atoms with van der Waals surface area (Å²) >= 11 is 0. The van der Waals surface area contributed by atoms with Crippen LogP contribution in [-0.2, 0) is 10.0 Å². The van der Waals surface area contributed by atoms with Gasteiger partial charge in [0.05, 0.1) is 4.90 Å². The van der Waals surface area contributed by atoms with Gasteiger partial charge in [-0.05, 0) is 61.7 Å². The van der Waals surface area contributed by atoms with Crippen molar-refractivity contribution in [1.82, 2.24) is 9.29 Å². The van der Waals surface area contributed by atoms with E-state index in [0.717, 1.165) is 19.3 Å². The number of para-hydroxylation sites is 1. The van der Waals surface area contributed by atoms with Crippen LogP contribution in [0.4, 0.5) is 5.69 Å². The molecule has 0 unspecified atom stereocenters. The van der Waals surface area contributed by atoms with Crippen LogP contribution in [0.25, 0.3) is 0 Å². The fraction of sp³-hybridized carbons (Fsp3) is 0.250. The van der Waals surface area contributed by atoms with Crippen molar-refractivity contribution in [2.45, 2.75) is 31.1 Å². The molecule has 0 radical (unpaired) electrons. The minimum Gasteiger partial charge on any atom is -0.437 e. The van der Waals surface area contributed by atoms with Crippen LogP contribution in [0.1, 0.15) is 35.2 Å². The first kappa shape index (κ1) is 22.0. The molecule has 0 spiro atoms. The molecule has 7 nitrogen and oxygen atoms in total. The van der Waals surface area contributed by atoms with E-state index >= 15 is 0 Å². The average molecular weight is 452 g/mol. The van der Waals surface area contributed by atoms with Crippen LogP contribution >= 0.6 is 0 Å². The van der Waals surface area contributed by atoms with E-state index in [1.165, 1.54) is 10.4 Å². The first-order valence-electron chi connectivity index (χ1n) is 10.6. The van der Waals surface area contributed by atoms with E-state index in [0.29, 0.717) is 30.1 Å². The van der Waals surface area contributed by atoms with E-state index in [9.17, 15) is 13.2 Å². The summed E-state index contributed by atoms with van der Waals surface area (Å²) in [6.07, 6.45) is 4.31. The maximum Gasteiger partial charge on any atom is 0.256 e. The molecule has 0 aliphatic carbocycles. The predicted octanol–water partition coefficient (Wildman–Crippen LogP) is 4.61. The molecule has 1 aliphatic rings. The number of anilines is 1. The second kappa shape index (κ2) is 9.50. The van der Waals surface area contributed by atoms with Gasteiger partial charge in [-0.3, -0.25) is 4.79 Å².